The highest BCUT2D eigenvalue weighted by atomic mass is 16.5. The molecule has 0 aliphatic heterocycles. The largest absolute Gasteiger partial charge is 0.481 e. The first-order valence-corrected chi connectivity index (χ1v) is 5.41. The number of hydrogen-bond acceptors (Lipinski definition) is 4. The average molecular weight is 209 g/mol. The molecule has 0 aliphatic carbocycles. The van der Waals surface area contributed by atoms with Gasteiger partial charge in [-0.3, -0.25) is 0 Å². The van der Waals surface area contributed by atoms with Crippen LogP contribution in [-0.2, 0) is 0 Å². The number of aromatic nitrogens is 2. The fourth-order valence-electron chi connectivity index (χ4n) is 1.35. The van der Waals surface area contributed by atoms with Crippen LogP contribution in [0.4, 0.5) is 5.95 Å². The lowest BCUT2D eigenvalue weighted by atomic mass is 10.0. The Labute approximate surface area is 91.1 Å². The second kappa shape index (κ2) is 6.22. The summed E-state index contributed by atoms with van der Waals surface area (Å²) >= 11 is 0. The molecule has 0 fully saturated rings. The zero-order valence-electron chi connectivity index (χ0n) is 9.66. The molecular formula is C11H19N3O. The molecule has 1 aromatic rings. The highest BCUT2D eigenvalue weighted by Gasteiger charge is 2.04. The van der Waals surface area contributed by atoms with E-state index in [0.29, 0.717) is 17.7 Å². The minimum absolute atomic E-state index is 0.594. The van der Waals surface area contributed by atoms with Gasteiger partial charge in [-0.25, -0.2) is 4.98 Å². The van der Waals surface area contributed by atoms with Gasteiger partial charge in [0.25, 0.3) is 0 Å². The maximum atomic E-state index is 5.02. The molecule has 0 bridgehead atoms. The van der Waals surface area contributed by atoms with E-state index in [0.717, 1.165) is 6.54 Å². The van der Waals surface area contributed by atoms with Crippen molar-refractivity contribution in [2.24, 2.45) is 5.92 Å². The fourth-order valence-corrected chi connectivity index (χ4v) is 1.35. The van der Waals surface area contributed by atoms with Gasteiger partial charge in [0.1, 0.15) is 0 Å². The minimum atomic E-state index is 0.594. The molecule has 1 heterocycles. The molecule has 0 atom stereocenters. The smallest absolute Gasteiger partial charge is 0.225 e. The van der Waals surface area contributed by atoms with Crippen molar-refractivity contribution in [3.05, 3.63) is 12.3 Å². The molecule has 0 saturated heterocycles. The molecule has 0 aromatic carbocycles. The maximum absolute atomic E-state index is 5.02. The minimum Gasteiger partial charge on any atom is -0.481 e. The van der Waals surface area contributed by atoms with Crippen molar-refractivity contribution in [2.45, 2.75) is 26.7 Å². The molecule has 0 spiro atoms. The third-order valence-corrected chi connectivity index (χ3v) is 2.54. The average Bonchev–Trinajstić information content (AvgIpc) is 2.31. The normalized spacial score (nSPS) is 10.4. The molecule has 4 heteroatoms. The molecule has 84 valence electrons. The molecule has 0 unspecified atom stereocenters. The number of methoxy groups -OCH3 is 1. The summed E-state index contributed by atoms with van der Waals surface area (Å²) in [5, 5.41) is 3.22. The molecule has 4 nitrogen and oxygen atoms in total. The van der Waals surface area contributed by atoms with Gasteiger partial charge in [0.05, 0.1) is 7.11 Å². The van der Waals surface area contributed by atoms with Crippen LogP contribution in [0.15, 0.2) is 12.3 Å². The Bertz CT molecular complexity index is 287. The number of nitrogens with zero attached hydrogens (tertiary/aromatic N) is 2. The zero-order valence-corrected chi connectivity index (χ0v) is 9.66. The summed E-state index contributed by atoms with van der Waals surface area (Å²) in [7, 11) is 1.60. The van der Waals surface area contributed by atoms with E-state index in [4.69, 9.17) is 4.74 Å². The quantitative estimate of drug-likeness (QED) is 0.781. The first-order valence-electron chi connectivity index (χ1n) is 5.41. The molecule has 0 amide bonds. The van der Waals surface area contributed by atoms with Crippen molar-refractivity contribution >= 4 is 5.95 Å². The SMILES string of the molecule is CCC(CC)CNc1nccc(OC)n1. The molecule has 0 radical (unpaired) electrons. The summed E-state index contributed by atoms with van der Waals surface area (Å²) < 4.78 is 5.02. The summed E-state index contributed by atoms with van der Waals surface area (Å²) in [5.74, 6) is 1.91. The molecule has 15 heavy (non-hydrogen) atoms. The first-order chi connectivity index (χ1) is 7.30. The maximum Gasteiger partial charge on any atom is 0.225 e. The van der Waals surface area contributed by atoms with Crippen LogP contribution < -0.4 is 10.1 Å². The van der Waals surface area contributed by atoms with Crippen LogP contribution in [0.1, 0.15) is 26.7 Å². The third-order valence-electron chi connectivity index (χ3n) is 2.54. The van der Waals surface area contributed by atoms with Gasteiger partial charge in [-0.05, 0) is 5.92 Å². The van der Waals surface area contributed by atoms with E-state index in [1.165, 1.54) is 12.8 Å². The number of hydrogen-bond donors (Lipinski definition) is 1. The Morgan fingerprint density at radius 3 is 2.73 bits per heavy atom. The Balaban J connectivity index is 2.49. The van der Waals surface area contributed by atoms with Gasteiger partial charge in [-0.1, -0.05) is 26.7 Å². The van der Waals surface area contributed by atoms with Crippen LogP contribution in [0.2, 0.25) is 0 Å². The predicted octanol–water partition coefficient (Wildman–Crippen LogP) is 2.33. The van der Waals surface area contributed by atoms with Gasteiger partial charge >= 0.3 is 0 Å². The summed E-state index contributed by atoms with van der Waals surface area (Å²) in [6, 6.07) is 1.74. The lowest BCUT2D eigenvalue weighted by Crippen LogP contribution is -2.14. The van der Waals surface area contributed by atoms with E-state index in [1.807, 2.05) is 0 Å². The van der Waals surface area contributed by atoms with Crippen molar-refractivity contribution < 1.29 is 4.74 Å². The monoisotopic (exact) mass is 209 g/mol. The van der Waals surface area contributed by atoms with E-state index in [9.17, 15) is 0 Å². The van der Waals surface area contributed by atoms with Crippen molar-refractivity contribution in [3.63, 3.8) is 0 Å². The fraction of sp³-hybridized carbons (Fsp3) is 0.636. The topological polar surface area (TPSA) is 47.0 Å². The van der Waals surface area contributed by atoms with E-state index in [-0.39, 0.29) is 0 Å². The second-order valence-corrected chi connectivity index (χ2v) is 3.49. The van der Waals surface area contributed by atoms with Crippen LogP contribution >= 0.6 is 0 Å². The van der Waals surface area contributed by atoms with E-state index >= 15 is 0 Å². The molecule has 0 aliphatic rings. The zero-order chi connectivity index (χ0) is 11.1. The van der Waals surface area contributed by atoms with Crippen molar-refractivity contribution in [1.29, 1.82) is 0 Å². The van der Waals surface area contributed by atoms with Crippen LogP contribution in [0.5, 0.6) is 5.88 Å². The number of ether oxygens (including phenoxy) is 1. The highest BCUT2D eigenvalue weighted by molar-refractivity contribution is 5.27. The van der Waals surface area contributed by atoms with Crippen molar-refractivity contribution in [2.75, 3.05) is 19.0 Å². The summed E-state index contributed by atoms with van der Waals surface area (Å²) in [6.45, 7) is 5.31. The van der Waals surface area contributed by atoms with Crippen molar-refractivity contribution in [3.8, 4) is 5.88 Å². The molecule has 1 aromatic heterocycles. The van der Waals surface area contributed by atoms with Crippen LogP contribution in [-0.4, -0.2) is 23.6 Å². The predicted molar refractivity (Wildman–Crippen MR) is 61.1 cm³/mol. The van der Waals surface area contributed by atoms with Crippen LogP contribution in [0.25, 0.3) is 0 Å². The lowest BCUT2D eigenvalue weighted by molar-refractivity contribution is 0.397. The van der Waals surface area contributed by atoms with Gasteiger partial charge in [-0.2, -0.15) is 4.98 Å². The Kier molecular flexibility index (Phi) is 4.87. The Morgan fingerprint density at radius 2 is 2.13 bits per heavy atom. The van der Waals surface area contributed by atoms with Gasteiger partial charge in [0.15, 0.2) is 0 Å². The summed E-state index contributed by atoms with van der Waals surface area (Å²) in [6.07, 6.45) is 4.04. The van der Waals surface area contributed by atoms with E-state index in [1.54, 1.807) is 19.4 Å². The third kappa shape index (κ3) is 3.73. The Morgan fingerprint density at radius 1 is 1.40 bits per heavy atom. The first kappa shape index (κ1) is 11.8. The van der Waals surface area contributed by atoms with Gasteiger partial charge in [-0.15, -0.1) is 0 Å². The summed E-state index contributed by atoms with van der Waals surface area (Å²) in [5.41, 5.74) is 0. The second-order valence-electron chi connectivity index (χ2n) is 3.49. The summed E-state index contributed by atoms with van der Waals surface area (Å²) in [4.78, 5) is 8.31. The van der Waals surface area contributed by atoms with Crippen molar-refractivity contribution in [1.82, 2.24) is 9.97 Å². The highest BCUT2D eigenvalue weighted by Crippen LogP contribution is 2.10. The Hall–Kier alpha value is -1.32. The number of nitrogens with one attached hydrogen (secondary N) is 1. The van der Waals surface area contributed by atoms with Gasteiger partial charge in [0.2, 0.25) is 11.8 Å². The van der Waals surface area contributed by atoms with Gasteiger partial charge < -0.3 is 10.1 Å². The van der Waals surface area contributed by atoms with Crippen LogP contribution in [0, 0.1) is 5.92 Å². The molecule has 1 rings (SSSR count). The lowest BCUT2D eigenvalue weighted by Gasteiger charge is -2.13. The van der Waals surface area contributed by atoms with E-state index < -0.39 is 0 Å². The standard InChI is InChI=1S/C11H19N3O/c1-4-9(5-2)8-13-11-12-7-6-10(14-11)15-3/h6-7,9H,4-5,8H2,1-3H3,(H,12,13,14). The van der Waals surface area contributed by atoms with Gasteiger partial charge in [0, 0.05) is 18.8 Å². The molecule has 0 saturated carbocycles. The number of rotatable bonds is 6. The molecular weight excluding hydrogens is 190 g/mol. The number of anilines is 1. The molecule has 1 N–H and O–H groups in total. The van der Waals surface area contributed by atoms with E-state index in [2.05, 4.69) is 29.1 Å². The van der Waals surface area contributed by atoms with Crippen LogP contribution in [0.3, 0.4) is 0 Å².